The zero-order valence-electron chi connectivity index (χ0n) is 12.7. The van der Waals surface area contributed by atoms with E-state index >= 15 is 0 Å². The Morgan fingerprint density at radius 1 is 1.10 bits per heavy atom. The fourth-order valence-corrected chi connectivity index (χ4v) is 2.14. The highest BCUT2D eigenvalue weighted by molar-refractivity contribution is 5.78. The maximum atomic E-state index is 4.34. The van der Waals surface area contributed by atoms with Gasteiger partial charge in [-0.2, -0.15) is 0 Å². The molecule has 2 N–H and O–H groups in total. The Kier molecular flexibility index (Phi) is 5.10. The summed E-state index contributed by atoms with van der Waals surface area (Å²) in [4.78, 5) is 4.34. The molecule has 1 aromatic carbocycles. The van der Waals surface area contributed by atoms with Crippen LogP contribution in [-0.4, -0.2) is 23.6 Å². The summed E-state index contributed by atoms with van der Waals surface area (Å²) >= 11 is 0. The minimum absolute atomic E-state index is 0.214. The third kappa shape index (κ3) is 4.91. The molecule has 3 heteroatoms. The molecule has 108 valence electrons. The van der Waals surface area contributed by atoms with E-state index in [9.17, 15) is 0 Å². The van der Waals surface area contributed by atoms with Gasteiger partial charge < -0.3 is 10.6 Å². The van der Waals surface area contributed by atoms with Crippen LogP contribution in [0.2, 0.25) is 0 Å². The number of pyridine rings is 1. The summed E-state index contributed by atoms with van der Waals surface area (Å²) in [5.74, 6) is 0. The molecule has 0 bridgehead atoms. The minimum atomic E-state index is 0.214. The molecule has 0 saturated heterocycles. The normalized spacial score (nSPS) is 11.9. The second-order valence-electron chi connectivity index (χ2n) is 6.24. The molecule has 1 heterocycles. The Morgan fingerprint density at radius 3 is 2.75 bits per heavy atom. The largest absolute Gasteiger partial charge is 0.313 e. The van der Waals surface area contributed by atoms with Crippen LogP contribution in [0, 0.1) is 0 Å². The Bertz CT molecular complexity index is 543. The lowest BCUT2D eigenvalue weighted by Gasteiger charge is -2.20. The number of hydrogen-bond donors (Lipinski definition) is 2. The monoisotopic (exact) mass is 271 g/mol. The van der Waals surface area contributed by atoms with E-state index in [1.807, 2.05) is 12.3 Å². The average molecular weight is 271 g/mol. The SMILES string of the molecule is CC(C)(C)NCCCNCc1ccc2ncccc2c1. The maximum Gasteiger partial charge on any atom is 0.0702 e. The molecular weight excluding hydrogens is 246 g/mol. The summed E-state index contributed by atoms with van der Waals surface area (Å²) in [6.07, 6.45) is 2.98. The van der Waals surface area contributed by atoms with Crippen LogP contribution in [0.15, 0.2) is 36.5 Å². The molecule has 0 atom stereocenters. The van der Waals surface area contributed by atoms with Gasteiger partial charge in [0.1, 0.15) is 0 Å². The van der Waals surface area contributed by atoms with Gasteiger partial charge in [0.15, 0.2) is 0 Å². The standard InChI is InChI=1S/C17H25N3/c1-17(2,3)20-11-5-9-18-13-14-7-8-16-15(12-14)6-4-10-19-16/h4,6-8,10,12,18,20H,5,9,11,13H2,1-3H3. The number of fused-ring (bicyclic) bond motifs is 1. The van der Waals surface area contributed by atoms with Crippen molar-refractivity contribution < 1.29 is 0 Å². The van der Waals surface area contributed by atoms with Crippen molar-refractivity contribution in [2.45, 2.75) is 39.3 Å². The van der Waals surface area contributed by atoms with E-state index in [1.54, 1.807) is 0 Å². The van der Waals surface area contributed by atoms with Crippen molar-refractivity contribution >= 4 is 10.9 Å². The Morgan fingerprint density at radius 2 is 1.95 bits per heavy atom. The summed E-state index contributed by atoms with van der Waals surface area (Å²) in [7, 11) is 0. The highest BCUT2D eigenvalue weighted by Gasteiger charge is 2.06. The molecule has 0 fully saturated rings. The summed E-state index contributed by atoms with van der Waals surface area (Å²) < 4.78 is 0. The fraction of sp³-hybridized carbons (Fsp3) is 0.471. The first-order valence-corrected chi connectivity index (χ1v) is 7.34. The molecule has 0 aliphatic rings. The first kappa shape index (κ1) is 14.9. The van der Waals surface area contributed by atoms with Crippen LogP contribution in [0.25, 0.3) is 10.9 Å². The molecule has 1 aromatic heterocycles. The molecule has 0 saturated carbocycles. The topological polar surface area (TPSA) is 37.0 Å². The van der Waals surface area contributed by atoms with E-state index in [0.29, 0.717) is 0 Å². The van der Waals surface area contributed by atoms with E-state index in [0.717, 1.165) is 31.6 Å². The lowest BCUT2D eigenvalue weighted by Crippen LogP contribution is -2.37. The van der Waals surface area contributed by atoms with Gasteiger partial charge in [0.2, 0.25) is 0 Å². The van der Waals surface area contributed by atoms with Gasteiger partial charge in [-0.05, 0) is 64.0 Å². The second-order valence-corrected chi connectivity index (χ2v) is 6.24. The Hall–Kier alpha value is -1.45. The summed E-state index contributed by atoms with van der Waals surface area (Å²) in [5.41, 5.74) is 2.59. The van der Waals surface area contributed by atoms with Crippen LogP contribution in [0.5, 0.6) is 0 Å². The molecule has 0 aliphatic heterocycles. The number of nitrogens with zero attached hydrogens (tertiary/aromatic N) is 1. The molecule has 0 aliphatic carbocycles. The first-order chi connectivity index (χ1) is 9.54. The number of hydrogen-bond acceptors (Lipinski definition) is 3. The molecular formula is C17H25N3. The highest BCUT2D eigenvalue weighted by Crippen LogP contribution is 2.12. The quantitative estimate of drug-likeness (QED) is 0.793. The van der Waals surface area contributed by atoms with Gasteiger partial charge in [-0.15, -0.1) is 0 Å². The average Bonchev–Trinajstić information content (AvgIpc) is 2.41. The van der Waals surface area contributed by atoms with Crippen LogP contribution < -0.4 is 10.6 Å². The zero-order valence-corrected chi connectivity index (χ0v) is 12.7. The van der Waals surface area contributed by atoms with Crippen molar-refractivity contribution in [3.8, 4) is 0 Å². The third-order valence-corrected chi connectivity index (χ3v) is 3.18. The van der Waals surface area contributed by atoms with E-state index in [1.165, 1.54) is 10.9 Å². The van der Waals surface area contributed by atoms with E-state index < -0.39 is 0 Å². The van der Waals surface area contributed by atoms with Gasteiger partial charge >= 0.3 is 0 Å². The lowest BCUT2D eigenvalue weighted by molar-refractivity contribution is 0.418. The minimum Gasteiger partial charge on any atom is -0.313 e. The van der Waals surface area contributed by atoms with E-state index in [4.69, 9.17) is 0 Å². The molecule has 2 aromatic rings. The molecule has 0 amide bonds. The van der Waals surface area contributed by atoms with Crippen molar-refractivity contribution in [1.29, 1.82) is 0 Å². The van der Waals surface area contributed by atoms with Crippen LogP contribution >= 0.6 is 0 Å². The van der Waals surface area contributed by atoms with Crippen molar-refractivity contribution in [2.24, 2.45) is 0 Å². The van der Waals surface area contributed by atoms with Crippen molar-refractivity contribution in [3.05, 3.63) is 42.1 Å². The number of nitrogens with one attached hydrogen (secondary N) is 2. The molecule has 20 heavy (non-hydrogen) atoms. The summed E-state index contributed by atoms with van der Waals surface area (Å²) in [6, 6.07) is 10.5. The Labute approximate surface area is 121 Å². The summed E-state index contributed by atoms with van der Waals surface area (Å²) in [5, 5.41) is 8.20. The van der Waals surface area contributed by atoms with Gasteiger partial charge in [-0.25, -0.2) is 0 Å². The van der Waals surface area contributed by atoms with Crippen LogP contribution in [0.3, 0.4) is 0 Å². The number of benzene rings is 1. The summed E-state index contributed by atoms with van der Waals surface area (Å²) in [6.45, 7) is 9.60. The predicted octanol–water partition coefficient (Wildman–Crippen LogP) is 3.10. The van der Waals surface area contributed by atoms with Crippen LogP contribution in [0.1, 0.15) is 32.8 Å². The maximum absolute atomic E-state index is 4.34. The van der Waals surface area contributed by atoms with Gasteiger partial charge in [0.25, 0.3) is 0 Å². The van der Waals surface area contributed by atoms with Crippen molar-refractivity contribution in [2.75, 3.05) is 13.1 Å². The smallest absolute Gasteiger partial charge is 0.0702 e. The van der Waals surface area contributed by atoms with Crippen LogP contribution in [0.4, 0.5) is 0 Å². The second kappa shape index (κ2) is 6.82. The number of aromatic nitrogens is 1. The molecule has 0 radical (unpaired) electrons. The molecule has 0 unspecified atom stereocenters. The first-order valence-electron chi connectivity index (χ1n) is 7.34. The van der Waals surface area contributed by atoms with Gasteiger partial charge in [-0.3, -0.25) is 4.98 Å². The molecule has 3 nitrogen and oxygen atoms in total. The highest BCUT2D eigenvalue weighted by atomic mass is 14.9. The van der Waals surface area contributed by atoms with Crippen molar-refractivity contribution in [1.82, 2.24) is 15.6 Å². The number of rotatable bonds is 6. The fourth-order valence-electron chi connectivity index (χ4n) is 2.14. The van der Waals surface area contributed by atoms with Crippen molar-refractivity contribution in [3.63, 3.8) is 0 Å². The van der Waals surface area contributed by atoms with E-state index in [-0.39, 0.29) is 5.54 Å². The zero-order chi connectivity index (χ0) is 14.4. The Balaban J connectivity index is 1.73. The lowest BCUT2D eigenvalue weighted by atomic mass is 10.1. The third-order valence-electron chi connectivity index (χ3n) is 3.18. The van der Waals surface area contributed by atoms with Gasteiger partial charge in [0, 0.05) is 23.7 Å². The predicted molar refractivity (Wildman–Crippen MR) is 85.8 cm³/mol. The van der Waals surface area contributed by atoms with Gasteiger partial charge in [0.05, 0.1) is 5.52 Å². The van der Waals surface area contributed by atoms with E-state index in [2.05, 4.69) is 60.7 Å². The van der Waals surface area contributed by atoms with Crippen LogP contribution in [-0.2, 0) is 6.54 Å². The molecule has 0 spiro atoms. The molecule has 2 rings (SSSR count). The van der Waals surface area contributed by atoms with Gasteiger partial charge in [-0.1, -0.05) is 12.1 Å².